The van der Waals surface area contributed by atoms with Gasteiger partial charge in [0.25, 0.3) is 0 Å². The molecule has 6 nitrogen and oxygen atoms in total. The number of hydrogen-bond donors (Lipinski definition) is 2. The van der Waals surface area contributed by atoms with Gasteiger partial charge in [0.2, 0.25) is 5.91 Å². The van der Waals surface area contributed by atoms with Gasteiger partial charge in [-0.15, -0.1) is 24.0 Å². The number of guanidine groups is 1. The van der Waals surface area contributed by atoms with E-state index in [2.05, 4.69) is 27.5 Å². The Hall–Kier alpha value is -1.03. The number of aliphatic imine (C=N–C) groups is 1. The van der Waals surface area contributed by atoms with Crippen molar-refractivity contribution in [2.75, 3.05) is 39.0 Å². The minimum Gasteiger partial charge on any atom is -0.357 e. The predicted octanol–water partition coefficient (Wildman–Crippen LogP) is 2.54. The Bertz CT molecular complexity index is 593. The van der Waals surface area contributed by atoms with Crippen LogP contribution in [0.1, 0.15) is 32.4 Å². The average molecular weight is 505 g/mol. The maximum absolute atomic E-state index is 12.3. The van der Waals surface area contributed by atoms with Crippen molar-refractivity contribution in [1.82, 2.24) is 20.5 Å². The fourth-order valence-electron chi connectivity index (χ4n) is 2.81. The van der Waals surface area contributed by atoms with E-state index in [9.17, 15) is 4.79 Å². The summed E-state index contributed by atoms with van der Waals surface area (Å²) >= 11 is 2.01. The topological polar surface area (TPSA) is 69.6 Å². The number of amides is 1. The standard InChI is InChI=1S/C19H31N5OS.HI/c1-4-20-18(23-15-19(2)10-7-13-26-19)22-14-17(25)24(3)12-9-16-8-5-6-11-21-16;/h5-6,8,11H,4,7,9-10,12-15H2,1-3H3,(H2,20,22,23);1H. The van der Waals surface area contributed by atoms with Crippen molar-refractivity contribution < 1.29 is 4.79 Å². The number of halogens is 1. The molecule has 1 aliphatic heterocycles. The Morgan fingerprint density at radius 3 is 2.85 bits per heavy atom. The van der Waals surface area contributed by atoms with Gasteiger partial charge in [0.15, 0.2) is 5.96 Å². The first kappa shape index (κ1) is 24.0. The number of rotatable bonds is 8. The fraction of sp³-hybridized carbons (Fsp3) is 0.632. The molecule has 27 heavy (non-hydrogen) atoms. The first-order valence-electron chi connectivity index (χ1n) is 9.32. The van der Waals surface area contributed by atoms with Crippen molar-refractivity contribution in [3.8, 4) is 0 Å². The van der Waals surface area contributed by atoms with E-state index in [4.69, 9.17) is 0 Å². The second-order valence-corrected chi connectivity index (χ2v) is 8.52. The molecule has 1 unspecified atom stereocenters. The Labute approximate surface area is 184 Å². The molecular formula is C19H32IN5OS. The molecule has 8 heteroatoms. The summed E-state index contributed by atoms with van der Waals surface area (Å²) in [6.07, 6.45) is 5.02. The van der Waals surface area contributed by atoms with Crippen molar-refractivity contribution in [3.05, 3.63) is 30.1 Å². The average Bonchev–Trinajstić information content (AvgIpc) is 3.09. The quantitative estimate of drug-likeness (QED) is 0.323. The van der Waals surface area contributed by atoms with E-state index in [0.717, 1.165) is 25.2 Å². The van der Waals surface area contributed by atoms with Crippen LogP contribution in [-0.4, -0.2) is 65.5 Å². The van der Waals surface area contributed by atoms with Crippen LogP contribution in [0.2, 0.25) is 0 Å². The number of likely N-dealkylation sites (N-methyl/N-ethyl adjacent to an activating group) is 1. The number of aromatic nitrogens is 1. The number of carbonyl (C=O) groups is 1. The lowest BCUT2D eigenvalue weighted by molar-refractivity contribution is -0.128. The van der Waals surface area contributed by atoms with Crippen LogP contribution in [0.5, 0.6) is 0 Å². The maximum Gasteiger partial charge on any atom is 0.244 e. The third-order valence-corrected chi connectivity index (χ3v) is 6.04. The van der Waals surface area contributed by atoms with Crippen LogP contribution in [-0.2, 0) is 11.2 Å². The number of nitrogens with zero attached hydrogens (tertiary/aromatic N) is 3. The summed E-state index contributed by atoms with van der Waals surface area (Å²) in [7, 11) is 1.82. The van der Waals surface area contributed by atoms with Crippen molar-refractivity contribution in [3.63, 3.8) is 0 Å². The first-order valence-corrected chi connectivity index (χ1v) is 10.3. The summed E-state index contributed by atoms with van der Waals surface area (Å²) in [6.45, 7) is 6.76. The van der Waals surface area contributed by atoms with E-state index in [1.165, 1.54) is 18.6 Å². The van der Waals surface area contributed by atoms with Crippen LogP contribution in [0.4, 0.5) is 0 Å². The zero-order valence-electron chi connectivity index (χ0n) is 16.5. The van der Waals surface area contributed by atoms with Gasteiger partial charge in [0.05, 0.1) is 0 Å². The van der Waals surface area contributed by atoms with Gasteiger partial charge in [-0.05, 0) is 44.6 Å². The van der Waals surface area contributed by atoms with Crippen LogP contribution in [0, 0.1) is 0 Å². The lowest BCUT2D eigenvalue weighted by Crippen LogP contribution is -2.44. The highest BCUT2D eigenvalue weighted by molar-refractivity contribution is 14.0. The van der Waals surface area contributed by atoms with Crippen molar-refractivity contribution in [2.45, 2.75) is 37.9 Å². The zero-order valence-corrected chi connectivity index (χ0v) is 19.7. The largest absolute Gasteiger partial charge is 0.357 e. The molecule has 1 aromatic rings. The van der Waals surface area contributed by atoms with Crippen LogP contribution < -0.4 is 10.6 Å². The van der Waals surface area contributed by atoms with Gasteiger partial charge in [0.1, 0.15) is 6.54 Å². The molecule has 2 N–H and O–H groups in total. The molecule has 0 spiro atoms. The second kappa shape index (κ2) is 12.4. The van der Waals surface area contributed by atoms with E-state index < -0.39 is 0 Å². The van der Waals surface area contributed by atoms with Crippen molar-refractivity contribution in [2.24, 2.45) is 4.99 Å². The molecule has 1 saturated heterocycles. The van der Waals surface area contributed by atoms with Crippen LogP contribution in [0.3, 0.4) is 0 Å². The highest BCUT2D eigenvalue weighted by Gasteiger charge is 2.29. The summed E-state index contributed by atoms with van der Waals surface area (Å²) in [6, 6.07) is 5.84. The Balaban J connectivity index is 0.00000364. The Morgan fingerprint density at radius 2 is 2.22 bits per heavy atom. The van der Waals surface area contributed by atoms with Crippen LogP contribution >= 0.6 is 35.7 Å². The van der Waals surface area contributed by atoms with E-state index in [0.29, 0.717) is 12.5 Å². The van der Waals surface area contributed by atoms with Crippen molar-refractivity contribution >= 4 is 47.6 Å². The Morgan fingerprint density at radius 1 is 1.41 bits per heavy atom. The van der Waals surface area contributed by atoms with Crippen molar-refractivity contribution in [1.29, 1.82) is 0 Å². The van der Waals surface area contributed by atoms with Gasteiger partial charge in [-0.3, -0.25) is 9.78 Å². The number of thioether (sulfide) groups is 1. The first-order chi connectivity index (χ1) is 12.5. The summed E-state index contributed by atoms with van der Waals surface area (Å²) in [4.78, 5) is 22.8. The molecule has 0 radical (unpaired) electrons. The molecule has 1 aromatic heterocycles. The third kappa shape index (κ3) is 8.68. The SMILES string of the molecule is CCNC(=NCC(=O)N(C)CCc1ccccn1)NCC1(C)CCCS1.I. The summed E-state index contributed by atoms with van der Waals surface area (Å²) in [5.41, 5.74) is 0.993. The smallest absolute Gasteiger partial charge is 0.244 e. The summed E-state index contributed by atoms with van der Waals surface area (Å²) in [5, 5.41) is 6.62. The molecule has 1 fully saturated rings. The zero-order chi connectivity index (χ0) is 18.8. The molecular weight excluding hydrogens is 473 g/mol. The lowest BCUT2D eigenvalue weighted by atomic mass is 10.1. The number of carbonyl (C=O) groups excluding carboxylic acids is 1. The molecule has 0 bridgehead atoms. The summed E-state index contributed by atoms with van der Waals surface area (Å²) < 4.78 is 0.264. The second-order valence-electron chi connectivity index (χ2n) is 6.84. The van der Waals surface area contributed by atoms with E-state index in [-0.39, 0.29) is 41.2 Å². The van der Waals surface area contributed by atoms with Gasteiger partial charge in [-0.25, -0.2) is 4.99 Å². The fourth-order valence-corrected chi connectivity index (χ4v) is 4.05. The molecule has 1 aliphatic rings. The molecule has 152 valence electrons. The molecule has 0 aromatic carbocycles. The van der Waals surface area contributed by atoms with Crippen LogP contribution in [0.25, 0.3) is 0 Å². The maximum atomic E-state index is 12.3. The number of pyridine rings is 1. The van der Waals surface area contributed by atoms with Gasteiger partial charge < -0.3 is 15.5 Å². The van der Waals surface area contributed by atoms with Gasteiger partial charge >= 0.3 is 0 Å². The van der Waals surface area contributed by atoms with E-state index in [1.807, 2.05) is 43.9 Å². The van der Waals surface area contributed by atoms with Gasteiger partial charge in [-0.1, -0.05) is 6.07 Å². The normalized spacial score (nSPS) is 19.3. The highest BCUT2D eigenvalue weighted by atomic mass is 127. The third-order valence-electron chi connectivity index (χ3n) is 4.50. The lowest BCUT2D eigenvalue weighted by Gasteiger charge is -2.24. The molecule has 1 atom stereocenters. The number of hydrogen-bond acceptors (Lipinski definition) is 4. The monoisotopic (exact) mass is 505 g/mol. The predicted molar refractivity (Wildman–Crippen MR) is 125 cm³/mol. The molecule has 2 rings (SSSR count). The van der Waals surface area contributed by atoms with Crippen LogP contribution in [0.15, 0.2) is 29.4 Å². The summed E-state index contributed by atoms with van der Waals surface area (Å²) in [5.74, 6) is 1.96. The number of nitrogens with one attached hydrogen (secondary N) is 2. The minimum absolute atomic E-state index is 0. The van der Waals surface area contributed by atoms with Gasteiger partial charge in [-0.2, -0.15) is 11.8 Å². The Kier molecular flexibility index (Phi) is 11.1. The molecule has 0 saturated carbocycles. The molecule has 0 aliphatic carbocycles. The van der Waals surface area contributed by atoms with Gasteiger partial charge in [0, 0.05) is 49.7 Å². The molecule has 1 amide bonds. The van der Waals surface area contributed by atoms with E-state index in [1.54, 1.807) is 11.1 Å². The highest BCUT2D eigenvalue weighted by Crippen LogP contribution is 2.36. The molecule has 2 heterocycles. The minimum atomic E-state index is 0. The van der Waals surface area contributed by atoms with E-state index >= 15 is 0 Å².